The van der Waals surface area contributed by atoms with Gasteiger partial charge in [-0.15, -0.1) is 0 Å². The number of rotatable bonds is 5. The average molecular weight is 564 g/mol. The van der Waals surface area contributed by atoms with Gasteiger partial charge < -0.3 is 65.0 Å². The zero-order chi connectivity index (χ0) is 29.0. The Kier molecular flexibility index (Phi) is 7.47. The maximum absolute atomic E-state index is 13.4. The normalized spacial score (nSPS) is 32.5. The molecule has 0 amide bonds. The molecule has 1 aromatic heterocycles. The number of benzene rings is 2. The molecule has 0 unspecified atom stereocenters. The summed E-state index contributed by atoms with van der Waals surface area (Å²) in [6.45, 7) is -1.55. The molecule has 2 aliphatic heterocycles. The maximum Gasteiger partial charge on any atom is 0.197 e. The first-order chi connectivity index (χ1) is 19.0. The van der Waals surface area contributed by atoms with Gasteiger partial charge >= 0.3 is 0 Å². The van der Waals surface area contributed by atoms with Gasteiger partial charge in [-0.25, -0.2) is 0 Å². The van der Waals surface area contributed by atoms with E-state index in [1.54, 1.807) is 0 Å². The lowest BCUT2D eigenvalue weighted by atomic mass is 9.87. The Labute approximate surface area is 224 Å². The second-order valence-corrected chi connectivity index (χ2v) is 9.76. The molecule has 0 spiro atoms. The van der Waals surface area contributed by atoms with E-state index in [4.69, 9.17) is 13.9 Å². The lowest BCUT2D eigenvalue weighted by Gasteiger charge is -2.40. The van der Waals surface area contributed by atoms with Crippen molar-refractivity contribution in [3.05, 3.63) is 51.7 Å². The van der Waals surface area contributed by atoms with Crippen LogP contribution < -0.4 is 5.43 Å². The monoisotopic (exact) mass is 564 g/mol. The number of aliphatic hydroxyl groups is 7. The first-order valence-corrected chi connectivity index (χ1v) is 12.3. The fraction of sp³-hybridized carbons (Fsp3) is 0.423. The van der Waals surface area contributed by atoms with Crippen molar-refractivity contribution in [3.8, 4) is 28.6 Å². The third-order valence-corrected chi connectivity index (χ3v) is 7.35. The van der Waals surface area contributed by atoms with Crippen LogP contribution in [0.25, 0.3) is 22.3 Å². The molecule has 216 valence electrons. The molecule has 0 aliphatic carbocycles. The van der Waals surface area contributed by atoms with E-state index >= 15 is 0 Å². The highest BCUT2D eigenvalue weighted by molar-refractivity contribution is 5.92. The summed E-state index contributed by atoms with van der Waals surface area (Å²) in [5, 5.41) is 103. The highest BCUT2D eigenvalue weighted by Crippen LogP contribution is 2.51. The Hall–Kier alpha value is -3.31. The standard InChI is InChI=1S/C26H28O14/c27-6-12-17(31)21(35)23(37)25(39-12)15-19(33)14-10(30)5-11(8-1-3-9(29)4-2-8)38-24(14)16(20(15)34)26-22(36)18(32)13(7-28)40-26/h1-5,12-13,17-18,21-23,25-29,31-37H,6-7H2/t12-,13-,17-,18+,21+,22-,23-,25+,26+/m1/s1. The van der Waals surface area contributed by atoms with Crippen molar-refractivity contribution in [1.29, 1.82) is 0 Å². The van der Waals surface area contributed by atoms with Gasteiger partial charge in [0.1, 0.15) is 83.3 Å². The number of phenolic OH excluding ortho intramolecular Hbond substituents is 3. The number of phenols is 3. The van der Waals surface area contributed by atoms with Gasteiger partial charge in [0, 0.05) is 11.6 Å². The summed E-state index contributed by atoms with van der Waals surface area (Å²) in [6, 6.07) is 6.50. The van der Waals surface area contributed by atoms with Crippen molar-refractivity contribution in [1.82, 2.24) is 0 Å². The van der Waals surface area contributed by atoms with Crippen LogP contribution >= 0.6 is 0 Å². The van der Waals surface area contributed by atoms with Gasteiger partial charge in [0.2, 0.25) is 0 Å². The SMILES string of the molecule is O=c1cc(-c2ccc(O)cc2)oc2c([C@@H]3O[C@H](CO)[C@H](O)[C@H]3O)c(O)c([C@@H]3O[C@H](CO)[C@@H](O)[C@H](O)[C@H]3O)c(O)c12. The van der Waals surface area contributed by atoms with Crippen LogP contribution in [0.5, 0.6) is 17.2 Å². The van der Waals surface area contributed by atoms with Crippen LogP contribution in [0.2, 0.25) is 0 Å². The van der Waals surface area contributed by atoms with Gasteiger partial charge in [-0.1, -0.05) is 0 Å². The fourth-order valence-corrected chi connectivity index (χ4v) is 5.19. The van der Waals surface area contributed by atoms with Crippen molar-refractivity contribution >= 4 is 11.0 Å². The topological polar surface area (TPSA) is 251 Å². The van der Waals surface area contributed by atoms with Crippen molar-refractivity contribution < 1.29 is 65.0 Å². The Morgan fingerprint density at radius 3 is 1.75 bits per heavy atom. The van der Waals surface area contributed by atoms with E-state index in [0.29, 0.717) is 5.56 Å². The number of hydrogen-bond donors (Lipinski definition) is 10. The molecule has 3 aromatic rings. The predicted octanol–water partition coefficient (Wildman–Crippen LogP) is -1.75. The molecule has 40 heavy (non-hydrogen) atoms. The largest absolute Gasteiger partial charge is 0.508 e. The summed E-state index contributed by atoms with van der Waals surface area (Å²) in [5.41, 5.74) is -2.14. The molecule has 0 radical (unpaired) electrons. The van der Waals surface area contributed by atoms with E-state index in [1.807, 2.05) is 0 Å². The second kappa shape index (κ2) is 10.6. The van der Waals surface area contributed by atoms with E-state index in [0.717, 1.165) is 6.07 Å². The zero-order valence-corrected chi connectivity index (χ0v) is 20.6. The lowest BCUT2D eigenvalue weighted by Crippen LogP contribution is -2.55. The van der Waals surface area contributed by atoms with E-state index in [-0.39, 0.29) is 11.5 Å². The molecular formula is C26H28O14. The van der Waals surface area contributed by atoms with E-state index in [2.05, 4.69) is 0 Å². The summed E-state index contributed by atoms with van der Waals surface area (Å²) < 4.78 is 17.0. The summed E-state index contributed by atoms with van der Waals surface area (Å²) >= 11 is 0. The van der Waals surface area contributed by atoms with Crippen LogP contribution in [0.4, 0.5) is 0 Å². The van der Waals surface area contributed by atoms with Crippen molar-refractivity contribution in [2.24, 2.45) is 0 Å². The minimum Gasteiger partial charge on any atom is -0.508 e. The first kappa shape index (κ1) is 28.2. The Balaban J connectivity index is 1.80. The molecule has 2 saturated heterocycles. The maximum atomic E-state index is 13.4. The Morgan fingerprint density at radius 1 is 0.675 bits per heavy atom. The average Bonchev–Trinajstić information content (AvgIpc) is 3.21. The minimum absolute atomic E-state index is 0.0708. The zero-order valence-electron chi connectivity index (χ0n) is 20.6. The van der Waals surface area contributed by atoms with Crippen LogP contribution in [-0.4, -0.2) is 107 Å². The van der Waals surface area contributed by atoms with Crippen LogP contribution in [0, 0.1) is 0 Å². The van der Waals surface area contributed by atoms with Crippen LogP contribution in [0.3, 0.4) is 0 Å². The molecule has 9 atom stereocenters. The Morgan fingerprint density at radius 2 is 1.20 bits per heavy atom. The molecule has 2 aliphatic rings. The molecular weight excluding hydrogens is 536 g/mol. The van der Waals surface area contributed by atoms with Gasteiger partial charge in [0.05, 0.1) is 24.3 Å². The third-order valence-electron chi connectivity index (χ3n) is 7.35. The van der Waals surface area contributed by atoms with Gasteiger partial charge in [0.15, 0.2) is 11.0 Å². The number of aromatic hydroxyl groups is 3. The summed E-state index contributed by atoms with van der Waals surface area (Å²) in [7, 11) is 0. The second-order valence-electron chi connectivity index (χ2n) is 9.76. The van der Waals surface area contributed by atoms with Crippen LogP contribution in [-0.2, 0) is 9.47 Å². The van der Waals surface area contributed by atoms with Crippen LogP contribution in [0.1, 0.15) is 23.3 Å². The fourth-order valence-electron chi connectivity index (χ4n) is 5.19. The Bertz CT molecular complexity index is 1450. The number of hydrogen-bond acceptors (Lipinski definition) is 14. The van der Waals surface area contributed by atoms with E-state index < -0.39 is 107 Å². The highest BCUT2D eigenvalue weighted by Gasteiger charge is 2.49. The van der Waals surface area contributed by atoms with Crippen molar-refractivity contribution in [3.63, 3.8) is 0 Å². The molecule has 10 N–H and O–H groups in total. The van der Waals surface area contributed by atoms with Crippen molar-refractivity contribution in [2.45, 2.75) is 54.9 Å². The molecule has 2 aromatic carbocycles. The number of aliphatic hydroxyl groups excluding tert-OH is 7. The van der Waals surface area contributed by atoms with Gasteiger partial charge in [-0.3, -0.25) is 4.79 Å². The van der Waals surface area contributed by atoms with E-state index in [1.165, 1.54) is 24.3 Å². The lowest BCUT2D eigenvalue weighted by molar-refractivity contribution is -0.232. The minimum atomic E-state index is -1.98. The quantitative estimate of drug-likeness (QED) is 0.165. The summed E-state index contributed by atoms with van der Waals surface area (Å²) in [5.74, 6) is -2.00. The molecule has 0 saturated carbocycles. The highest BCUT2D eigenvalue weighted by atomic mass is 16.6. The molecule has 0 bridgehead atoms. The van der Waals surface area contributed by atoms with Crippen LogP contribution in [0.15, 0.2) is 39.5 Å². The van der Waals surface area contributed by atoms with Gasteiger partial charge in [0.25, 0.3) is 0 Å². The first-order valence-electron chi connectivity index (χ1n) is 12.3. The smallest absolute Gasteiger partial charge is 0.197 e. The van der Waals surface area contributed by atoms with Crippen molar-refractivity contribution in [2.75, 3.05) is 13.2 Å². The molecule has 5 rings (SSSR count). The molecule has 14 heteroatoms. The molecule has 3 heterocycles. The predicted molar refractivity (Wildman–Crippen MR) is 132 cm³/mol. The van der Waals surface area contributed by atoms with Gasteiger partial charge in [-0.05, 0) is 24.3 Å². The summed E-state index contributed by atoms with van der Waals surface area (Å²) in [6.07, 6.45) is -15.3. The molecule has 14 nitrogen and oxygen atoms in total. The third kappa shape index (κ3) is 4.39. The van der Waals surface area contributed by atoms with Gasteiger partial charge in [-0.2, -0.15) is 0 Å². The number of fused-ring (bicyclic) bond motifs is 1. The van der Waals surface area contributed by atoms with E-state index in [9.17, 15) is 55.9 Å². The molecule has 2 fully saturated rings. The summed E-state index contributed by atoms with van der Waals surface area (Å²) in [4.78, 5) is 13.4. The number of ether oxygens (including phenoxy) is 2.